The van der Waals surface area contributed by atoms with Crippen molar-refractivity contribution in [2.24, 2.45) is 5.41 Å². The van der Waals surface area contributed by atoms with Crippen LogP contribution in [-0.4, -0.2) is 55.8 Å². The SMILES string of the molecule is CC(C)(C)[Si](C)(C)O[C@@H]1CCC2(OCCO2)[C@@]2(C)CC(O)C(O)C=C12. The van der Waals surface area contributed by atoms with Gasteiger partial charge in [-0.25, -0.2) is 0 Å². The minimum atomic E-state index is -1.96. The summed E-state index contributed by atoms with van der Waals surface area (Å²) in [5, 5.41) is 20.7. The molecule has 0 bridgehead atoms. The van der Waals surface area contributed by atoms with Crippen LogP contribution in [0.15, 0.2) is 11.6 Å². The standard InChI is InChI=1S/C19H34O5Si/c1-17(2,3)25(5,6)24-16-7-8-19(22-9-10-23-19)18(4)12-15(21)14(20)11-13(16)18/h11,14-16,20-21H,7-10,12H2,1-6H3/t14?,15?,16-,18+/m1/s1. The second kappa shape index (κ2) is 6.14. The number of aliphatic hydroxyl groups excluding tert-OH is 2. The van der Waals surface area contributed by atoms with Crippen LogP contribution in [0.1, 0.15) is 47.0 Å². The fraction of sp³-hybridized carbons (Fsp3) is 0.895. The largest absolute Gasteiger partial charge is 0.410 e. The minimum absolute atomic E-state index is 0.0496. The molecule has 6 heteroatoms. The fourth-order valence-corrected chi connectivity index (χ4v) is 5.61. The zero-order valence-electron chi connectivity index (χ0n) is 16.5. The summed E-state index contributed by atoms with van der Waals surface area (Å²) in [4.78, 5) is 0. The average Bonchev–Trinajstić information content (AvgIpc) is 2.95. The molecule has 2 unspecified atom stereocenters. The van der Waals surface area contributed by atoms with Crippen LogP contribution in [0.4, 0.5) is 0 Å². The molecule has 1 saturated carbocycles. The zero-order chi connectivity index (χ0) is 18.7. The molecule has 0 aromatic rings. The summed E-state index contributed by atoms with van der Waals surface area (Å²) in [6, 6.07) is 0. The highest BCUT2D eigenvalue weighted by Gasteiger charge is 2.61. The van der Waals surface area contributed by atoms with Crippen LogP contribution in [0.5, 0.6) is 0 Å². The van der Waals surface area contributed by atoms with Crippen molar-refractivity contribution in [1.29, 1.82) is 0 Å². The Hall–Kier alpha value is -0.243. The Labute approximate surface area is 152 Å². The smallest absolute Gasteiger partial charge is 0.192 e. The predicted molar refractivity (Wildman–Crippen MR) is 98.8 cm³/mol. The molecule has 1 spiro atoms. The van der Waals surface area contributed by atoms with Gasteiger partial charge in [-0.1, -0.05) is 33.8 Å². The van der Waals surface area contributed by atoms with E-state index in [0.29, 0.717) is 19.6 Å². The van der Waals surface area contributed by atoms with Crippen molar-refractivity contribution in [1.82, 2.24) is 0 Å². The Kier molecular flexibility index (Phi) is 4.79. The van der Waals surface area contributed by atoms with Gasteiger partial charge < -0.3 is 24.1 Å². The molecule has 3 rings (SSSR count). The van der Waals surface area contributed by atoms with E-state index in [2.05, 4.69) is 40.8 Å². The van der Waals surface area contributed by atoms with E-state index in [9.17, 15) is 10.2 Å². The van der Waals surface area contributed by atoms with E-state index in [-0.39, 0.29) is 11.1 Å². The second-order valence-corrected chi connectivity index (χ2v) is 14.3. The molecule has 1 aliphatic heterocycles. The van der Waals surface area contributed by atoms with Gasteiger partial charge in [-0.15, -0.1) is 0 Å². The minimum Gasteiger partial charge on any atom is -0.410 e. The molecule has 2 aliphatic carbocycles. The van der Waals surface area contributed by atoms with Crippen LogP contribution in [0.25, 0.3) is 0 Å². The molecule has 0 amide bonds. The molecule has 5 nitrogen and oxygen atoms in total. The molecule has 0 radical (unpaired) electrons. The molecule has 1 saturated heterocycles. The van der Waals surface area contributed by atoms with E-state index >= 15 is 0 Å². The van der Waals surface area contributed by atoms with Gasteiger partial charge in [0.15, 0.2) is 14.1 Å². The van der Waals surface area contributed by atoms with Gasteiger partial charge >= 0.3 is 0 Å². The van der Waals surface area contributed by atoms with Crippen LogP contribution in [0, 0.1) is 5.41 Å². The van der Waals surface area contributed by atoms with Gasteiger partial charge in [0.05, 0.1) is 31.5 Å². The van der Waals surface area contributed by atoms with Crippen molar-refractivity contribution in [3.63, 3.8) is 0 Å². The quantitative estimate of drug-likeness (QED) is 0.578. The first-order valence-electron chi connectivity index (χ1n) is 9.46. The van der Waals surface area contributed by atoms with Crippen molar-refractivity contribution < 1.29 is 24.1 Å². The maximum atomic E-state index is 10.3. The number of ether oxygens (including phenoxy) is 2. The highest BCUT2D eigenvalue weighted by atomic mass is 28.4. The lowest BCUT2D eigenvalue weighted by molar-refractivity contribution is -0.252. The number of aliphatic hydroxyl groups is 2. The van der Waals surface area contributed by atoms with Crippen LogP contribution in [0.2, 0.25) is 18.1 Å². The van der Waals surface area contributed by atoms with Crippen LogP contribution < -0.4 is 0 Å². The van der Waals surface area contributed by atoms with Crippen molar-refractivity contribution in [2.45, 2.75) is 89.2 Å². The Balaban J connectivity index is 1.97. The average molecular weight is 371 g/mol. The van der Waals surface area contributed by atoms with Crippen LogP contribution in [0.3, 0.4) is 0 Å². The zero-order valence-corrected chi connectivity index (χ0v) is 17.5. The lowest BCUT2D eigenvalue weighted by atomic mass is 9.60. The monoisotopic (exact) mass is 370 g/mol. The van der Waals surface area contributed by atoms with Gasteiger partial charge in [-0.3, -0.25) is 0 Å². The van der Waals surface area contributed by atoms with Gasteiger partial charge in [-0.2, -0.15) is 0 Å². The summed E-state index contributed by atoms with van der Waals surface area (Å²) in [6.07, 6.45) is 2.09. The summed E-state index contributed by atoms with van der Waals surface area (Å²) >= 11 is 0. The van der Waals surface area contributed by atoms with Crippen LogP contribution >= 0.6 is 0 Å². The fourth-order valence-electron chi connectivity index (χ4n) is 4.30. The first-order chi connectivity index (χ1) is 11.4. The van der Waals surface area contributed by atoms with E-state index in [1.165, 1.54) is 0 Å². The van der Waals surface area contributed by atoms with Gasteiger partial charge in [-0.05, 0) is 36.5 Å². The lowest BCUT2D eigenvalue weighted by Gasteiger charge is -2.56. The second-order valence-electron chi connectivity index (χ2n) is 9.57. The highest BCUT2D eigenvalue weighted by Crippen LogP contribution is 2.58. The third-order valence-electron chi connectivity index (χ3n) is 6.92. The number of hydrogen-bond donors (Lipinski definition) is 2. The molecule has 144 valence electrons. The van der Waals surface area contributed by atoms with Crippen LogP contribution in [-0.2, 0) is 13.9 Å². The molecule has 25 heavy (non-hydrogen) atoms. The molecular formula is C19H34O5Si. The molecule has 3 aliphatic rings. The van der Waals surface area contributed by atoms with E-state index in [4.69, 9.17) is 13.9 Å². The predicted octanol–water partition coefficient (Wildman–Crippen LogP) is 2.97. The summed E-state index contributed by atoms with van der Waals surface area (Å²) in [5.74, 6) is -0.701. The molecule has 2 fully saturated rings. The third-order valence-corrected chi connectivity index (χ3v) is 11.4. The van der Waals surface area contributed by atoms with E-state index in [0.717, 1.165) is 18.4 Å². The van der Waals surface area contributed by atoms with Gasteiger partial charge in [0.2, 0.25) is 0 Å². The molecule has 0 aromatic heterocycles. The topological polar surface area (TPSA) is 68.2 Å². The summed E-state index contributed by atoms with van der Waals surface area (Å²) in [7, 11) is -1.96. The lowest BCUT2D eigenvalue weighted by Crippen LogP contribution is -2.60. The van der Waals surface area contributed by atoms with Gasteiger partial charge in [0.25, 0.3) is 0 Å². The van der Waals surface area contributed by atoms with Crippen molar-refractivity contribution in [3.8, 4) is 0 Å². The number of hydrogen-bond acceptors (Lipinski definition) is 5. The maximum absolute atomic E-state index is 10.3. The first kappa shape index (κ1) is 19.5. The highest BCUT2D eigenvalue weighted by molar-refractivity contribution is 6.74. The van der Waals surface area contributed by atoms with Crippen molar-refractivity contribution in [3.05, 3.63) is 11.6 Å². The summed E-state index contributed by atoms with van der Waals surface area (Å²) in [5.41, 5.74) is 0.566. The summed E-state index contributed by atoms with van der Waals surface area (Å²) in [6.45, 7) is 14.5. The van der Waals surface area contributed by atoms with E-state index in [1.54, 1.807) is 6.08 Å². The molecule has 2 N–H and O–H groups in total. The Morgan fingerprint density at radius 3 is 2.36 bits per heavy atom. The molecule has 4 atom stereocenters. The summed E-state index contributed by atoms with van der Waals surface area (Å²) < 4.78 is 18.9. The first-order valence-corrected chi connectivity index (χ1v) is 12.4. The van der Waals surface area contributed by atoms with E-state index < -0.39 is 31.7 Å². The van der Waals surface area contributed by atoms with Gasteiger partial charge in [0, 0.05) is 11.8 Å². The third kappa shape index (κ3) is 3.05. The van der Waals surface area contributed by atoms with E-state index in [1.807, 2.05) is 0 Å². The molecule has 0 aromatic carbocycles. The Bertz CT molecular complexity index is 547. The Morgan fingerprint density at radius 2 is 1.80 bits per heavy atom. The number of rotatable bonds is 2. The van der Waals surface area contributed by atoms with Gasteiger partial charge in [0.1, 0.15) is 0 Å². The van der Waals surface area contributed by atoms with Crippen molar-refractivity contribution >= 4 is 8.32 Å². The molecular weight excluding hydrogens is 336 g/mol. The maximum Gasteiger partial charge on any atom is 0.192 e. The van der Waals surface area contributed by atoms with Crippen molar-refractivity contribution in [2.75, 3.05) is 13.2 Å². The Morgan fingerprint density at radius 1 is 1.20 bits per heavy atom. The molecule has 1 heterocycles. The number of fused-ring (bicyclic) bond motifs is 2. The normalized spacial score (nSPS) is 38.6.